The van der Waals surface area contributed by atoms with Gasteiger partial charge in [-0.05, 0) is 49.2 Å². The molecule has 3 aliphatic rings. The van der Waals surface area contributed by atoms with Gasteiger partial charge in [-0.25, -0.2) is 30.4 Å². The van der Waals surface area contributed by atoms with Gasteiger partial charge in [0.1, 0.15) is 10.6 Å². The molecule has 2 aromatic rings. The van der Waals surface area contributed by atoms with Gasteiger partial charge in [-0.2, -0.15) is 0 Å². The number of rotatable bonds is 8. The van der Waals surface area contributed by atoms with E-state index < -0.39 is 59.4 Å². The Balaban J connectivity index is 1.49. The Bertz CT molecular complexity index is 1490. The molecule has 3 atom stereocenters. The van der Waals surface area contributed by atoms with E-state index in [-0.39, 0.29) is 55.0 Å². The fourth-order valence-electron chi connectivity index (χ4n) is 5.71. The topological polar surface area (TPSA) is 119 Å². The highest BCUT2D eigenvalue weighted by Gasteiger charge is 2.61. The van der Waals surface area contributed by atoms with E-state index in [9.17, 15) is 26.0 Å². The van der Waals surface area contributed by atoms with Crippen molar-refractivity contribution in [1.82, 2.24) is 10.2 Å². The lowest BCUT2D eigenvalue weighted by atomic mass is 9.75. The van der Waals surface area contributed by atoms with Crippen molar-refractivity contribution in [3.05, 3.63) is 58.6 Å². The van der Waals surface area contributed by atoms with Crippen LogP contribution >= 0.6 is 11.6 Å². The number of sulfone groups is 2. The predicted molar refractivity (Wildman–Crippen MR) is 138 cm³/mol. The summed E-state index contributed by atoms with van der Waals surface area (Å²) in [5.41, 5.74) is -0.412. The molecule has 1 N–H and O–H groups in total. The second kappa shape index (κ2) is 10.5. The van der Waals surface area contributed by atoms with E-state index in [1.54, 1.807) is 0 Å². The van der Waals surface area contributed by atoms with Crippen LogP contribution in [0.3, 0.4) is 0 Å². The highest BCUT2D eigenvalue weighted by atomic mass is 35.5. The molecule has 3 aliphatic heterocycles. The van der Waals surface area contributed by atoms with Crippen LogP contribution in [-0.2, 0) is 29.2 Å². The van der Waals surface area contributed by atoms with E-state index in [0.29, 0.717) is 18.1 Å². The number of benzene rings is 2. The number of urea groups is 1. The molecular formula is C25H27ClF2N2O7S2. The summed E-state index contributed by atoms with van der Waals surface area (Å²) in [6.45, 7) is 0.431. The number of carbonyl (C=O) groups is 1. The molecule has 0 aliphatic carbocycles. The molecular weight excluding hydrogens is 578 g/mol. The predicted octanol–water partition coefficient (Wildman–Crippen LogP) is 2.92. The zero-order valence-corrected chi connectivity index (χ0v) is 23.1. The van der Waals surface area contributed by atoms with E-state index in [2.05, 4.69) is 5.32 Å². The van der Waals surface area contributed by atoms with Gasteiger partial charge in [0.15, 0.2) is 31.2 Å². The van der Waals surface area contributed by atoms with E-state index in [1.165, 1.54) is 29.2 Å². The van der Waals surface area contributed by atoms with Gasteiger partial charge in [-0.15, -0.1) is 0 Å². The SMILES string of the molecule is O=C1NCCN1CCS(=O)(=O)CC[C@@H]1OCC[C@@]2(S(=O)(=O)c3ccc(Cl)cc3)c3c(F)ccc(F)c3OC[C@@H]12. The Kier molecular flexibility index (Phi) is 7.55. The van der Waals surface area contributed by atoms with Crippen LogP contribution in [0.5, 0.6) is 5.75 Å². The van der Waals surface area contributed by atoms with Crippen LogP contribution in [0.15, 0.2) is 41.3 Å². The van der Waals surface area contributed by atoms with Crippen molar-refractivity contribution in [2.45, 2.75) is 28.6 Å². The molecule has 2 saturated heterocycles. The minimum atomic E-state index is -4.39. The number of amides is 2. The average molecular weight is 605 g/mol. The number of ether oxygens (including phenoxy) is 2. The highest BCUT2D eigenvalue weighted by Crippen LogP contribution is 2.55. The molecule has 2 amide bonds. The third-order valence-corrected chi connectivity index (χ3v) is 12.2. The molecule has 212 valence electrons. The van der Waals surface area contributed by atoms with Crippen LogP contribution < -0.4 is 10.1 Å². The first-order valence-corrected chi connectivity index (χ1v) is 16.1. The number of hydrogen-bond donors (Lipinski definition) is 1. The van der Waals surface area contributed by atoms with Gasteiger partial charge < -0.3 is 19.7 Å². The second-order valence-corrected chi connectivity index (χ2v) is 14.8. The summed E-state index contributed by atoms with van der Waals surface area (Å²) in [4.78, 5) is 13.0. The Hall–Kier alpha value is -2.48. The summed E-state index contributed by atoms with van der Waals surface area (Å²) < 4.78 is 94.0. The molecule has 0 spiro atoms. The molecule has 2 fully saturated rings. The molecule has 3 heterocycles. The molecule has 0 radical (unpaired) electrons. The lowest BCUT2D eigenvalue weighted by Gasteiger charge is -2.50. The van der Waals surface area contributed by atoms with Crippen molar-refractivity contribution < 1.29 is 39.9 Å². The van der Waals surface area contributed by atoms with Gasteiger partial charge >= 0.3 is 6.03 Å². The number of nitrogens with zero attached hydrogens (tertiary/aromatic N) is 1. The lowest BCUT2D eigenvalue weighted by molar-refractivity contribution is -0.0732. The highest BCUT2D eigenvalue weighted by molar-refractivity contribution is 7.92. The first kappa shape index (κ1) is 28.1. The van der Waals surface area contributed by atoms with Crippen molar-refractivity contribution >= 4 is 37.3 Å². The summed E-state index contributed by atoms with van der Waals surface area (Å²) in [6, 6.07) is 6.81. The minimum absolute atomic E-state index is 0.0268. The number of carbonyl (C=O) groups excluding carboxylic acids is 1. The summed E-state index contributed by atoms with van der Waals surface area (Å²) in [5, 5.41) is 2.91. The smallest absolute Gasteiger partial charge is 0.317 e. The van der Waals surface area contributed by atoms with Crippen molar-refractivity contribution in [2.75, 3.05) is 44.4 Å². The average Bonchev–Trinajstić information content (AvgIpc) is 3.32. The van der Waals surface area contributed by atoms with Gasteiger partial charge in [0.05, 0.1) is 34.7 Å². The summed E-state index contributed by atoms with van der Waals surface area (Å²) in [7, 11) is -8.05. The molecule has 9 nitrogen and oxygen atoms in total. The number of fused-ring (bicyclic) bond motifs is 3. The monoisotopic (exact) mass is 604 g/mol. The molecule has 0 bridgehead atoms. The van der Waals surface area contributed by atoms with E-state index >= 15 is 4.39 Å². The van der Waals surface area contributed by atoms with E-state index in [1.807, 2.05) is 0 Å². The zero-order chi connectivity index (χ0) is 28.0. The maximum Gasteiger partial charge on any atom is 0.317 e. The van der Waals surface area contributed by atoms with Crippen molar-refractivity contribution in [1.29, 1.82) is 0 Å². The second-order valence-electron chi connectivity index (χ2n) is 9.82. The maximum atomic E-state index is 15.5. The Morgan fingerprint density at radius 1 is 1.05 bits per heavy atom. The molecule has 39 heavy (non-hydrogen) atoms. The molecule has 5 rings (SSSR count). The minimum Gasteiger partial charge on any atom is -0.490 e. The number of halogens is 3. The fraction of sp³-hybridized carbons (Fsp3) is 0.480. The van der Waals surface area contributed by atoms with Crippen LogP contribution in [0.4, 0.5) is 13.6 Å². The lowest BCUT2D eigenvalue weighted by Crippen LogP contribution is -2.57. The number of hydrogen-bond acceptors (Lipinski definition) is 7. The summed E-state index contributed by atoms with van der Waals surface area (Å²) in [6.07, 6.45) is -1.22. The third-order valence-electron chi connectivity index (χ3n) is 7.68. The molecule has 0 saturated carbocycles. The van der Waals surface area contributed by atoms with Crippen LogP contribution in [0.2, 0.25) is 5.02 Å². The van der Waals surface area contributed by atoms with Crippen molar-refractivity contribution in [3.63, 3.8) is 0 Å². The molecule has 14 heteroatoms. The number of nitrogens with one attached hydrogen (secondary N) is 1. The third kappa shape index (κ3) is 4.98. The Morgan fingerprint density at radius 3 is 2.46 bits per heavy atom. The Morgan fingerprint density at radius 2 is 1.77 bits per heavy atom. The van der Waals surface area contributed by atoms with E-state index in [4.69, 9.17) is 21.1 Å². The van der Waals surface area contributed by atoms with E-state index in [0.717, 1.165) is 12.1 Å². The van der Waals surface area contributed by atoms with Crippen molar-refractivity contribution in [3.8, 4) is 5.75 Å². The molecule has 0 aromatic heterocycles. The van der Waals surface area contributed by atoms with Gasteiger partial charge in [0, 0.05) is 37.2 Å². The Labute approximate surface area is 230 Å². The van der Waals surface area contributed by atoms with Gasteiger partial charge in [-0.3, -0.25) is 0 Å². The quantitative estimate of drug-likeness (QED) is 0.492. The zero-order valence-electron chi connectivity index (χ0n) is 20.7. The summed E-state index contributed by atoms with van der Waals surface area (Å²) in [5.74, 6) is -3.96. The van der Waals surface area contributed by atoms with Gasteiger partial charge in [0.2, 0.25) is 0 Å². The largest absolute Gasteiger partial charge is 0.490 e. The molecule has 2 aromatic carbocycles. The van der Waals surface area contributed by atoms with Crippen LogP contribution in [0.25, 0.3) is 0 Å². The van der Waals surface area contributed by atoms with Crippen molar-refractivity contribution in [2.24, 2.45) is 5.92 Å². The van der Waals surface area contributed by atoms with Gasteiger partial charge in [0.25, 0.3) is 0 Å². The first-order chi connectivity index (χ1) is 18.5. The van der Waals surface area contributed by atoms with Crippen LogP contribution in [-0.4, -0.2) is 78.2 Å². The normalized spacial score (nSPS) is 25.0. The summed E-state index contributed by atoms with van der Waals surface area (Å²) >= 11 is 5.97. The van der Waals surface area contributed by atoms with Crippen LogP contribution in [0, 0.1) is 17.6 Å². The molecule has 0 unspecified atom stereocenters. The fourth-order valence-corrected chi connectivity index (χ4v) is 9.47. The van der Waals surface area contributed by atoms with Crippen LogP contribution in [0.1, 0.15) is 18.4 Å². The van der Waals surface area contributed by atoms with Gasteiger partial charge in [-0.1, -0.05) is 11.6 Å². The first-order valence-electron chi connectivity index (χ1n) is 12.4. The standard InChI is InChI=1S/C25H27ClF2N2O7S2/c26-16-1-3-17(4-2-16)39(34,35)25-8-12-36-21(7-13-38(32,33)14-11-30-10-9-29-24(30)31)18(25)15-37-23-20(28)6-5-19(27)22(23)25/h1-6,18,21H,7-15H2,(H,29,31)/t18-,21-,25-/m0/s1. The maximum absolute atomic E-state index is 15.5.